The average Bonchev–Trinajstić information content (AvgIpc) is 3.13. The summed E-state index contributed by atoms with van der Waals surface area (Å²) in [5.41, 5.74) is 3.82. The second kappa shape index (κ2) is 21.5. The van der Waals surface area contributed by atoms with Crippen molar-refractivity contribution in [3.63, 3.8) is 0 Å². The third-order valence-corrected chi connectivity index (χ3v) is 8.18. The summed E-state index contributed by atoms with van der Waals surface area (Å²) in [7, 11) is 1.61. The van der Waals surface area contributed by atoms with Crippen molar-refractivity contribution in [2.45, 2.75) is 65.2 Å². The highest BCUT2D eigenvalue weighted by Crippen LogP contribution is 2.29. The van der Waals surface area contributed by atoms with Crippen molar-refractivity contribution in [1.29, 1.82) is 5.26 Å². The van der Waals surface area contributed by atoms with Gasteiger partial charge in [-0.05, 0) is 77.4 Å². The van der Waals surface area contributed by atoms with Crippen molar-refractivity contribution < 1.29 is 29.6 Å². The van der Waals surface area contributed by atoms with Crippen molar-refractivity contribution in [2.75, 3.05) is 13.7 Å². The highest BCUT2D eigenvalue weighted by Gasteiger charge is 2.21. The molecule has 0 radical (unpaired) electrons. The number of nitrogens with zero attached hydrogens (tertiary/aromatic N) is 1. The van der Waals surface area contributed by atoms with Gasteiger partial charge in [-0.3, -0.25) is 0 Å². The number of hydrogen-bond donors (Lipinski definition) is 3. The van der Waals surface area contributed by atoms with Crippen molar-refractivity contribution in [3.8, 4) is 29.1 Å². The van der Waals surface area contributed by atoms with Gasteiger partial charge < -0.3 is 24.8 Å². The second-order valence-corrected chi connectivity index (χ2v) is 12.1. The number of methoxy groups -OCH3 is 1. The number of hydrogen-bond acceptors (Lipinski definition) is 7. The number of rotatable bonds is 16. The third kappa shape index (κ3) is 13.2. The first-order chi connectivity index (χ1) is 24.3. The van der Waals surface area contributed by atoms with Gasteiger partial charge >= 0.3 is 5.97 Å². The zero-order valence-electron chi connectivity index (χ0n) is 29.3. The van der Waals surface area contributed by atoms with Crippen LogP contribution in [-0.4, -0.2) is 35.0 Å². The molecule has 4 aromatic rings. The molecule has 7 nitrogen and oxygen atoms in total. The van der Waals surface area contributed by atoms with Crippen LogP contribution < -0.4 is 4.74 Å². The maximum absolute atomic E-state index is 13.1. The highest BCUT2D eigenvalue weighted by molar-refractivity contribution is 6.05. The Morgan fingerprint density at radius 1 is 0.720 bits per heavy atom. The van der Waals surface area contributed by atoms with E-state index in [0.29, 0.717) is 29.4 Å². The van der Waals surface area contributed by atoms with Gasteiger partial charge in [0.15, 0.2) is 0 Å². The Kier molecular flexibility index (Phi) is 16.7. The summed E-state index contributed by atoms with van der Waals surface area (Å²) < 4.78 is 11.0. The van der Waals surface area contributed by atoms with Crippen molar-refractivity contribution in [3.05, 3.63) is 125 Å². The van der Waals surface area contributed by atoms with Crippen molar-refractivity contribution in [1.82, 2.24) is 0 Å². The van der Waals surface area contributed by atoms with Gasteiger partial charge in [-0.1, -0.05) is 119 Å². The van der Waals surface area contributed by atoms with E-state index in [0.717, 1.165) is 48.8 Å². The molecule has 0 saturated heterocycles. The lowest BCUT2D eigenvalue weighted by Crippen LogP contribution is -2.17. The van der Waals surface area contributed by atoms with Gasteiger partial charge in [-0.15, -0.1) is 0 Å². The molecular formula is C43H49NO6. The summed E-state index contributed by atoms with van der Waals surface area (Å²) >= 11 is 0. The second-order valence-electron chi connectivity index (χ2n) is 12.1. The molecule has 4 rings (SSSR count). The lowest BCUT2D eigenvalue weighted by molar-refractivity contribution is -0.140. The number of aromatic hydroxyl groups is 3. The summed E-state index contributed by atoms with van der Waals surface area (Å²) in [5.74, 6) is 0.769. The number of ether oxygens (including phenoxy) is 2. The molecule has 0 aliphatic carbocycles. The number of esters is 1. The smallest absolute Gasteiger partial charge is 0.349 e. The van der Waals surface area contributed by atoms with Gasteiger partial charge in [0.25, 0.3) is 0 Å². The van der Waals surface area contributed by atoms with E-state index < -0.39 is 5.97 Å². The zero-order chi connectivity index (χ0) is 36.1. The molecule has 0 aliphatic heterocycles. The molecule has 0 saturated carbocycles. The van der Waals surface area contributed by atoms with Crippen LogP contribution in [0.4, 0.5) is 0 Å². The minimum atomic E-state index is -0.553. The van der Waals surface area contributed by atoms with Crippen LogP contribution in [0.1, 0.15) is 87.5 Å². The minimum Gasteiger partial charge on any atom is -0.508 e. The van der Waals surface area contributed by atoms with Crippen LogP contribution in [0.2, 0.25) is 0 Å². The van der Waals surface area contributed by atoms with Crippen LogP contribution in [0, 0.1) is 17.2 Å². The van der Waals surface area contributed by atoms with Crippen LogP contribution in [-0.2, 0) is 9.53 Å². The fourth-order valence-corrected chi connectivity index (χ4v) is 5.44. The molecule has 262 valence electrons. The van der Waals surface area contributed by atoms with E-state index in [2.05, 4.69) is 19.9 Å². The molecule has 0 heterocycles. The van der Waals surface area contributed by atoms with Gasteiger partial charge in [0.2, 0.25) is 0 Å². The summed E-state index contributed by atoms with van der Waals surface area (Å²) in [5, 5.41) is 37.7. The van der Waals surface area contributed by atoms with Gasteiger partial charge in [0.05, 0.1) is 13.7 Å². The first kappa shape index (κ1) is 39.0. The van der Waals surface area contributed by atoms with E-state index in [9.17, 15) is 20.3 Å². The van der Waals surface area contributed by atoms with E-state index in [-0.39, 0.29) is 22.8 Å². The van der Waals surface area contributed by atoms with E-state index in [1.807, 2.05) is 60.7 Å². The Morgan fingerprint density at radius 2 is 1.32 bits per heavy atom. The molecule has 50 heavy (non-hydrogen) atoms. The maximum Gasteiger partial charge on any atom is 0.349 e. The zero-order valence-corrected chi connectivity index (χ0v) is 29.3. The van der Waals surface area contributed by atoms with E-state index in [1.165, 1.54) is 25.3 Å². The van der Waals surface area contributed by atoms with Gasteiger partial charge in [-0.2, -0.15) is 5.26 Å². The molecular weight excluding hydrogens is 626 g/mol. The fourth-order valence-electron chi connectivity index (χ4n) is 5.44. The molecule has 1 atom stereocenters. The lowest BCUT2D eigenvalue weighted by atomic mass is 9.93. The van der Waals surface area contributed by atoms with Crippen LogP contribution in [0.3, 0.4) is 0 Å². The topological polar surface area (TPSA) is 120 Å². The molecule has 7 heteroatoms. The molecule has 0 bridgehead atoms. The Labute approximate surface area is 296 Å². The van der Waals surface area contributed by atoms with Gasteiger partial charge in [0.1, 0.15) is 34.6 Å². The maximum atomic E-state index is 13.1. The summed E-state index contributed by atoms with van der Waals surface area (Å²) in [6.45, 7) is 4.75. The largest absolute Gasteiger partial charge is 0.508 e. The molecule has 1 unspecified atom stereocenters. The molecule has 0 amide bonds. The normalized spacial score (nSPS) is 11.9. The van der Waals surface area contributed by atoms with Gasteiger partial charge in [0, 0.05) is 11.6 Å². The quantitative estimate of drug-likeness (QED) is 0.0355. The fraction of sp³-hybridized carbons (Fsp3) is 0.302. The Hall–Kier alpha value is -5.48. The van der Waals surface area contributed by atoms with Crippen LogP contribution in [0.5, 0.6) is 23.0 Å². The number of phenols is 3. The van der Waals surface area contributed by atoms with Gasteiger partial charge in [-0.25, -0.2) is 4.79 Å². The van der Waals surface area contributed by atoms with Crippen LogP contribution in [0.25, 0.3) is 17.7 Å². The molecule has 0 aliphatic rings. The highest BCUT2D eigenvalue weighted by atomic mass is 16.5. The molecule has 0 spiro atoms. The number of carbonyl (C=O) groups excluding carboxylic acids is 1. The Morgan fingerprint density at radius 3 is 1.92 bits per heavy atom. The Balaban J connectivity index is 0.000000331. The number of unbranched alkanes of at least 4 members (excludes halogenated alkanes) is 4. The van der Waals surface area contributed by atoms with E-state index >= 15 is 0 Å². The third-order valence-electron chi connectivity index (χ3n) is 8.18. The summed E-state index contributed by atoms with van der Waals surface area (Å²) in [6, 6.07) is 30.2. The van der Waals surface area contributed by atoms with Crippen molar-refractivity contribution in [2.24, 2.45) is 5.92 Å². The molecule has 0 aromatic heterocycles. The number of carbonyl (C=O) groups is 1. The average molecular weight is 676 g/mol. The number of nitriles is 1. The van der Waals surface area contributed by atoms with Crippen molar-refractivity contribution >= 4 is 23.7 Å². The Bertz CT molecular complexity index is 1680. The van der Waals surface area contributed by atoms with Crippen LogP contribution in [0.15, 0.2) is 103 Å². The molecule has 0 fully saturated rings. The summed E-state index contributed by atoms with van der Waals surface area (Å²) in [4.78, 5) is 13.1. The first-order valence-electron chi connectivity index (χ1n) is 17.3. The van der Waals surface area contributed by atoms with E-state index in [4.69, 9.17) is 14.6 Å². The predicted octanol–water partition coefficient (Wildman–Crippen LogP) is 10.3. The summed E-state index contributed by atoms with van der Waals surface area (Å²) in [6.07, 6.45) is 12.8. The van der Waals surface area contributed by atoms with E-state index in [1.54, 1.807) is 49.6 Å². The standard InChI is InChI=1S/C29H37NO3.C14H12O3/c1-4-6-8-10-14-23(13-7-5-2)22-33-29(31)27(21-30)28(24-15-11-9-12-16-24)25-17-19-26(32-3)20-18-25;15-12-5-3-10(4-6-12)1-2-11-7-13(16)9-14(17)8-11/h9,11-12,15-20,23H,4-8,10,13-14,22H2,1-3H3;1-9,15-17H/b28-27+;2-1+. The first-order valence-corrected chi connectivity index (χ1v) is 17.3. The molecule has 3 N–H and O–H groups in total. The number of benzene rings is 4. The monoisotopic (exact) mass is 675 g/mol. The SMILES string of the molecule is CCCCCCC(CCCC)COC(=O)/C(C#N)=C(\c1ccccc1)c1ccc(OC)cc1.Oc1ccc(/C=C/c2cc(O)cc(O)c2)cc1. The molecule has 4 aromatic carbocycles. The minimum absolute atomic E-state index is 0.0235. The van der Waals surface area contributed by atoms with Crippen LogP contribution >= 0.6 is 0 Å². The number of phenolic OH excluding ortho intramolecular Hbond substituents is 3. The lowest BCUT2D eigenvalue weighted by Gasteiger charge is -2.17. The predicted molar refractivity (Wildman–Crippen MR) is 201 cm³/mol.